The maximum Gasteiger partial charge on any atom is 0.254 e. The Morgan fingerprint density at radius 3 is 2.81 bits per heavy atom. The Kier molecular flexibility index (Phi) is 4.94. The summed E-state index contributed by atoms with van der Waals surface area (Å²) in [6, 6.07) is 2.74. The Morgan fingerprint density at radius 2 is 2.00 bits per heavy atom. The van der Waals surface area contributed by atoms with Crippen LogP contribution in [0.4, 0.5) is 4.39 Å². The van der Waals surface area contributed by atoms with Gasteiger partial charge in [-0.1, -0.05) is 0 Å². The number of morpholine rings is 1. The largest absolute Gasteiger partial charge is 0.379 e. The third-order valence-electron chi connectivity index (χ3n) is 4.97. The average molecular weight is 359 g/mol. The lowest BCUT2D eigenvalue weighted by Gasteiger charge is -2.27. The van der Waals surface area contributed by atoms with E-state index in [0.717, 1.165) is 38.7 Å². The smallest absolute Gasteiger partial charge is 0.254 e. The molecule has 0 unspecified atom stereocenters. The van der Waals surface area contributed by atoms with Crippen molar-refractivity contribution in [1.82, 2.24) is 24.3 Å². The van der Waals surface area contributed by atoms with Crippen LogP contribution in [0.2, 0.25) is 0 Å². The summed E-state index contributed by atoms with van der Waals surface area (Å²) in [4.78, 5) is 24.9. The lowest BCUT2D eigenvalue weighted by Crippen LogP contribution is -2.36. The van der Waals surface area contributed by atoms with Gasteiger partial charge in [-0.2, -0.15) is 4.39 Å². The third kappa shape index (κ3) is 3.61. The molecule has 2 aromatic heterocycles. The Balaban J connectivity index is 1.45. The van der Waals surface area contributed by atoms with Crippen LogP contribution in [0, 0.1) is 5.95 Å². The number of halogens is 1. The Labute approximate surface area is 151 Å². The van der Waals surface area contributed by atoms with Gasteiger partial charge in [0.25, 0.3) is 5.91 Å². The first-order valence-corrected chi connectivity index (χ1v) is 8.95. The standard InChI is InChI=1S/C18H22FN5O2/c19-16-11-14(1-3-20-16)18(25)23-4-2-17-21-12-15(24(17)6-5-23)13-22-7-9-26-10-8-22/h1,3,11-12H,2,4-10,13H2. The minimum atomic E-state index is -0.633. The van der Waals surface area contributed by atoms with Crippen molar-refractivity contribution in [2.75, 3.05) is 39.4 Å². The third-order valence-corrected chi connectivity index (χ3v) is 4.97. The summed E-state index contributed by atoms with van der Waals surface area (Å²) in [6.45, 7) is 6.11. The Bertz CT molecular complexity index is 788. The van der Waals surface area contributed by atoms with Crippen molar-refractivity contribution in [2.24, 2.45) is 0 Å². The van der Waals surface area contributed by atoms with E-state index in [1.807, 2.05) is 6.20 Å². The fourth-order valence-corrected chi connectivity index (χ4v) is 3.53. The average Bonchev–Trinajstić information content (AvgIpc) is 2.91. The van der Waals surface area contributed by atoms with Crippen molar-refractivity contribution >= 4 is 5.91 Å². The van der Waals surface area contributed by atoms with E-state index in [1.165, 1.54) is 18.0 Å². The van der Waals surface area contributed by atoms with Crippen LogP contribution in [0.5, 0.6) is 0 Å². The molecule has 2 aromatic rings. The quantitative estimate of drug-likeness (QED) is 0.764. The van der Waals surface area contributed by atoms with Gasteiger partial charge in [-0.3, -0.25) is 9.69 Å². The number of pyridine rings is 1. The molecule has 4 rings (SSSR count). The summed E-state index contributed by atoms with van der Waals surface area (Å²) in [5.74, 6) is 0.211. The molecule has 2 aliphatic heterocycles. The molecule has 0 saturated carbocycles. The van der Waals surface area contributed by atoms with Crippen molar-refractivity contribution in [2.45, 2.75) is 19.5 Å². The van der Waals surface area contributed by atoms with E-state index in [4.69, 9.17) is 4.74 Å². The number of carbonyl (C=O) groups is 1. The maximum absolute atomic E-state index is 13.3. The van der Waals surface area contributed by atoms with Gasteiger partial charge in [0.15, 0.2) is 0 Å². The fraction of sp³-hybridized carbons (Fsp3) is 0.500. The highest BCUT2D eigenvalue weighted by molar-refractivity contribution is 5.94. The predicted octanol–water partition coefficient (Wildman–Crippen LogP) is 0.948. The number of aromatic nitrogens is 3. The highest BCUT2D eigenvalue weighted by Gasteiger charge is 2.23. The lowest BCUT2D eigenvalue weighted by molar-refractivity contribution is 0.0331. The van der Waals surface area contributed by atoms with Gasteiger partial charge in [-0.05, 0) is 6.07 Å². The normalized spacial score (nSPS) is 18.4. The Morgan fingerprint density at radius 1 is 1.15 bits per heavy atom. The van der Waals surface area contributed by atoms with Crippen LogP contribution in [0.25, 0.3) is 0 Å². The summed E-state index contributed by atoms with van der Waals surface area (Å²) in [7, 11) is 0. The molecule has 1 amide bonds. The van der Waals surface area contributed by atoms with Crippen LogP contribution < -0.4 is 0 Å². The molecule has 0 aromatic carbocycles. The second-order valence-electron chi connectivity index (χ2n) is 6.62. The molecule has 0 spiro atoms. The number of hydrogen-bond donors (Lipinski definition) is 0. The number of fused-ring (bicyclic) bond motifs is 1. The summed E-state index contributed by atoms with van der Waals surface area (Å²) >= 11 is 0. The summed E-state index contributed by atoms with van der Waals surface area (Å²) in [5.41, 5.74) is 1.51. The molecule has 1 fully saturated rings. The van der Waals surface area contributed by atoms with Gasteiger partial charge >= 0.3 is 0 Å². The first-order chi connectivity index (χ1) is 12.7. The van der Waals surface area contributed by atoms with Crippen LogP contribution in [0.3, 0.4) is 0 Å². The van der Waals surface area contributed by atoms with E-state index in [9.17, 15) is 9.18 Å². The Hall–Kier alpha value is -2.32. The number of nitrogens with zero attached hydrogens (tertiary/aromatic N) is 5. The van der Waals surface area contributed by atoms with Gasteiger partial charge in [0.2, 0.25) is 5.95 Å². The first kappa shape index (κ1) is 17.1. The summed E-state index contributed by atoms with van der Waals surface area (Å²) in [6.07, 6.45) is 3.97. The molecule has 0 aliphatic carbocycles. The van der Waals surface area contributed by atoms with Crippen molar-refractivity contribution in [3.8, 4) is 0 Å². The monoisotopic (exact) mass is 359 g/mol. The number of amides is 1. The zero-order valence-electron chi connectivity index (χ0n) is 14.6. The van der Waals surface area contributed by atoms with Gasteiger partial charge in [0.05, 0.1) is 18.9 Å². The SMILES string of the molecule is O=C(c1ccnc(F)c1)N1CCc2ncc(CN3CCOCC3)n2CC1. The topological polar surface area (TPSA) is 63.5 Å². The fourth-order valence-electron chi connectivity index (χ4n) is 3.53. The highest BCUT2D eigenvalue weighted by atomic mass is 19.1. The molecule has 0 atom stereocenters. The number of carbonyl (C=O) groups excluding carboxylic acids is 1. The molecule has 26 heavy (non-hydrogen) atoms. The zero-order valence-corrected chi connectivity index (χ0v) is 14.6. The van der Waals surface area contributed by atoms with E-state index in [0.29, 0.717) is 31.6 Å². The van der Waals surface area contributed by atoms with E-state index in [-0.39, 0.29) is 5.91 Å². The summed E-state index contributed by atoms with van der Waals surface area (Å²) < 4.78 is 20.9. The van der Waals surface area contributed by atoms with Crippen LogP contribution >= 0.6 is 0 Å². The number of hydrogen-bond acceptors (Lipinski definition) is 5. The van der Waals surface area contributed by atoms with Gasteiger partial charge in [0.1, 0.15) is 5.82 Å². The highest BCUT2D eigenvalue weighted by Crippen LogP contribution is 2.16. The van der Waals surface area contributed by atoms with Crippen molar-refractivity contribution in [1.29, 1.82) is 0 Å². The van der Waals surface area contributed by atoms with E-state index in [2.05, 4.69) is 19.4 Å². The molecular formula is C18H22FN5O2. The van der Waals surface area contributed by atoms with Crippen molar-refractivity contribution in [3.05, 3.63) is 47.6 Å². The molecule has 138 valence electrons. The van der Waals surface area contributed by atoms with Crippen LogP contribution in [0.15, 0.2) is 24.5 Å². The van der Waals surface area contributed by atoms with Gasteiger partial charge in [0, 0.05) is 69.7 Å². The molecule has 1 saturated heterocycles. The van der Waals surface area contributed by atoms with Gasteiger partial charge in [-0.15, -0.1) is 0 Å². The predicted molar refractivity (Wildman–Crippen MR) is 92.1 cm³/mol. The second-order valence-corrected chi connectivity index (χ2v) is 6.62. The molecular weight excluding hydrogens is 337 g/mol. The molecule has 7 nitrogen and oxygen atoms in total. The van der Waals surface area contributed by atoms with Crippen LogP contribution in [-0.2, 0) is 24.2 Å². The van der Waals surface area contributed by atoms with E-state index >= 15 is 0 Å². The summed E-state index contributed by atoms with van der Waals surface area (Å²) in [5, 5.41) is 0. The first-order valence-electron chi connectivity index (χ1n) is 8.95. The molecule has 0 radical (unpaired) electrons. The van der Waals surface area contributed by atoms with Crippen LogP contribution in [0.1, 0.15) is 21.9 Å². The second kappa shape index (κ2) is 7.51. The maximum atomic E-state index is 13.3. The number of imidazole rings is 1. The molecule has 4 heterocycles. The van der Waals surface area contributed by atoms with Crippen LogP contribution in [-0.4, -0.2) is 69.6 Å². The number of rotatable bonds is 3. The molecule has 2 aliphatic rings. The van der Waals surface area contributed by atoms with Crippen molar-refractivity contribution in [3.63, 3.8) is 0 Å². The number of ether oxygens (including phenoxy) is 1. The molecule has 0 N–H and O–H groups in total. The van der Waals surface area contributed by atoms with Gasteiger partial charge < -0.3 is 14.2 Å². The van der Waals surface area contributed by atoms with Crippen molar-refractivity contribution < 1.29 is 13.9 Å². The van der Waals surface area contributed by atoms with E-state index in [1.54, 1.807) is 11.0 Å². The lowest BCUT2D eigenvalue weighted by atomic mass is 10.2. The zero-order chi connectivity index (χ0) is 17.9. The van der Waals surface area contributed by atoms with Gasteiger partial charge in [-0.25, -0.2) is 9.97 Å². The molecule has 8 heteroatoms. The molecule has 0 bridgehead atoms. The minimum absolute atomic E-state index is 0.160. The van der Waals surface area contributed by atoms with E-state index < -0.39 is 5.95 Å². The minimum Gasteiger partial charge on any atom is -0.379 e.